The molecule has 0 saturated heterocycles. The van der Waals surface area contributed by atoms with Crippen LogP contribution in [0, 0.1) is 0 Å². The number of ether oxygens (including phenoxy) is 1. The summed E-state index contributed by atoms with van der Waals surface area (Å²) in [4.78, 5) is 12.0. The van der Waals surface area contributed by atoms with Crippen molar-refractivity contribution in [2.24, 2.45) is 0 Å². The molecule has 0 fully saturated rings. The Morgan fingerprint density at radius 2 is 1.83 bits per heavy atom. The van der Waals surface area contributed by atoms with E-state index >= 15 is 0 Å². The molecule has 8 heteroatoms. The number of benzene rings is 1. The van der Waals surface area contributed by atoms with Crippen molar-refractivity contribution in [1.29, 1.82) is 0 Å². The molecule has 1 rings (SSSR count). The van der Waals surface area contributed by atoms with Crippen LogP contribution >= 0.6 is 15.9 Å². The van der Waals surface area contributed by atoms with E-state index in [0.29, 0.717) is 19.6 Å². The minimum Gasteiger partial charge on any atom is -0.379 e. The molecule has 0 unspecified atom stereocenters. The second kappa shape index (κ2) is 9.36. The Labute approximate surface area is 146 Å². The molecule has 0 saturated carbocycles. The fraction of sp³-hybridized carbons (Fsp3) is 0.533. The average Bonchev–Trinajstić information content (AvgIpc) is 2.46. The van der Waals surface area contributed by atoms with E-state index in [0.717, 1.165) is 4.47 Å². The Hall–Kier alpha value is -0.960. The van der Waals surface area contributed by atoms with Crippen LogP contribution in [-0.4, -0.2) is 39.6 Å². The van der Waals surface area contributed by atoms with Gasteiger partial charge in [0.05, 0.1) is 17.0 Å². The Balaban J connectivity index is 2.46. The van der Waals surface area contributed by atoms with E-state index in [1.54, 1.807) is 12.1 Å². The van der Waals surface area contributed by atoms with E-state index in [4.69, 9.17) is 4.74 Å². The molecule has 0 bridgehead atoms. The first-order valence-corrected chi connectivity index (χ1v) is 9.67. The third-order valence-corrected chi connectivity index (χ3v) is 5.01. The van der Waals surface area contributed by atoms with E-state index in [9.17, 15) is 13.2 Å². The number of nitrogens with one attached hydrogen (secondary N) is 2. The van der Waals surface area contributed by atoms with Gasteiger partial charge in [0.25, 0.3) is 0 Å². The van der Waals surface area contributed by atoms with Crippen molar-refractivity contribution < 1.29 is 17.9 Å². The van der Waals surface area contributed by atoms with E-state index in [1.165, 1.54) is 19.1 Å². The van der Waals surface area contributed by atoms with Crippen molar-refractivity contribution in [1.82, 2.24) is 10.0 Å². The molecule has 0 heterocycles. The van der Waals surface area contributed by atoms with Crippen molar-refractivity contribution >= 4 is 31.9 Å². The van der Waals surface area contributed by atoms with Crippen LogP contribution in [0.3, 0.4) is 0 Å². The van der Waals surface area contributed by atoms with Gasteiger partial charge in [0.15, 0.2) is 0 Å². The van der Waals surface area contributed by atoms with Gasteiger partial charge in [-0.1, -0.05) is 15.9 Å². The highest BCUT2D eigenvalue weighted by Crippen LogP contribution is 2.14. The molecule has 0 aliphatic rings. The summed E-state index contributed by atoms with van der Waals surface area (Å²) < 4.78 is 32.9. The van der Waals surface area contributed by atoms with Crippen LogP contribution in [0.2, 0.25) is 0 Å². The van der Waals surface area contributed by atoms with Gasteiger partial charge in [-0.3, -0.25) is 4.79 Å². The molecule has 23 heavy (non-hydrogen) atoms. The van der Waals surface area contributed by atoms with Crippen LogP contribution in [0.1, 0.15) is 27.2 Å². The lowest BCUT2D eigenvalue weighted by atomic mass is 10.3. The van der Waals surface area contributed by atoms with E-state index in [2.05, 4.69) is 26.0 Å². The largest absolute Gasteiger partial charge is 0.379 e. The summed E-state index contributed by atoms with van der Waals surface area (Å²) in [6.07, 6.45) is 0.832. The van der Waals surface area contributed by atoms with Crippen LogP contribution in [0.4, 0.5) is 0 Å². The molecule has 0 aliphatic carbocycles. The molecule has 0 aromatic heterocycles. The van der Waals surface area contributed by atoms with Crippen molar-refractivity contribution in [3.8, 4) is 0 Å². The molecule has 2 N–H and O–H groups in total. The minimum absolute atomic E-state index is 0.116. The summed E-state index contributed by atoms with van der Waals surface area (Å²) in [5, 5.41) is 2.69. The van der Waals surface area contributed by atoms with Gasteiger partial charge in [-0.2, -0.15) is 4.72 Å². The van der Waals surface area contributed by atoms with Crippen LogP contribution in [0.15, 0.2) is 33.6 Å². The summed E-state index contributed by atoms with van der Waals surface area (Å²) in [6, 6.07) is 5.36. The van der Waals surface area contributed by atoms with Gasteiger partial charge in [0.1, 0.15) is 0 Å². The SMILES string of the molecule is CC(C)OCCCNC(=O)[C@H](C)NS(=O)(=O)c1ccc(Br)cc1. The fourth-order valence-electron chi connectivity index (χ4n) is 1.72. The average molecular weight is 407 g/mol. The standard InChI is InChI=1S/C15H23BrN2O4S/c1-11(2)22-10-4-9-17-15(19)12(3)18-23(20,21)14-7-5-13(16)6-8-14/h5-8,11-12,18H,4,9-10H2,1-3H3,(H,17,19)/t12-/m0/s1. The lowest BCUT2D eigenvalue weighted by Gasteiger charge is -2.15. The summed E-state index contributed by atoms with van der Waals surface area (Å²) in [5.41, 5.74) is 0. The molecule has 1 amide bonds. The quantitative estimate of drug-likeness (QED) is 0.614. The highest BCUT2D eigenvalue weighted by Gasteiger charge is 2.21. The molecule has 1 atom stereocenters. The molecule has 1 aromatic rings. The van der Waals surface area contributed by atoms with Gasteiger partial charge in [0.2, 0.25) is 15.9 Å². The maximum Gasteiger partial charge on any atom is 0.241 e. The topological polar surface area (TPSA) is 84.5 Å². The molecule has 130 valence electrons. The zero-order valence-corrected chi connectivity index (χ0v) is 15.9. The van der Waals surface area contributed by atoms with Crippen LogP contribution in [0.5, 0.6) is 0 Å². The minimum atomic E-state index is -3.72. The molecule has 1 aromatic carbocycles. The zero-order chi connectivity index (χ0) is 17.5. The van der Waals surface area contributed by atoms with E-state index in [-0.39, 0.29) is 16.9 Å². The van der Waals surface area contributed by atoms with Gasteiger partial charge in [-0.15, -0.1) is 0 Å². The van der Waals surface area contributed by atoms with Crippen LogP contribution in [0.25, 0.3) is 0 Å². The highest BCUT2D eigenvalue weighted by atomic mass is 79.9. The third-order valence-electron chi connectivity index (χ3n) is 2.92. The van der Waals surface area contributed by atoms with Crippen molar-refractivity contribution in [2.45, 2.75) is 44.2 Å². The second-order valence-electron chi connectivity index (χ2n) is 5.36. The number of halogens is 1. The first kappa shape index (κ1) is 20.1. The van der Waals surface area contributed by atoms with E-state index in [1.807, 2.05) is 13.8 Å². The fourth-order valence-corrected chi connectivity index (χ4v) is 3.19. The molecule has 0 spiro atoms. The van der Waals surface area contributed by atoms with E-state index < -0.39 is 16.1 Å². The van der Waals surface area contributed by atoms with Crippen molar-refractivity contribution in [2.75, 3.05) is 13.2 Å². The maximum absolute atomic E-state index is 12.2. The van der Waals surface area contributed by atoms with Gasteiger partial charge in [-0.25, -0.2) is 8.42 Å². The molecule has 0 aliphatic heterocycles. The molecular formula is C15H23BrN2O4S. The van der Waals surface area contributed by atoms with Crippen LogP contribution in [-0.2, 0) is 19.6 Å². The zero-order valence-electron chi connectivity index (χ0n) is 13.5. The monoisotopic (exact) mass is 406 g/mol. The maximum atomic E-state index is 12.2. The van der Waals surface area contributed by atoms with Gasteiger partial charge in [0, 0.05) is 17.6 Å². The number of hydrogen-bond acceptors (Lipinski definition) is 4. The first-order chi connectivity index (χ1) is 10.7. The Morgan fingerprint density at radius 3 is 2.39 bits per heavy atom. The predicted octanol–water partition coefficient (Wildman–Crippen LogP) is 2.05. The van der Waals surface area contributed by atoms with Gasteiger partial charge >= 0.3 is 0 Å². The lowest BCUT2D eigenvalue weighted by Crippen LogP contribution is -2.45. The van der Waals surface area contributed by atoms with Gasteiger partial charge < -0.3 is 10.1 Å². The smallest absolute Gasteiger partial charge is 0.241 e. The van der Waals surface area contributed by atoms with Crippen LogP contribution < -0.4 is 10.0 Å². The Morgan fingerprint density at radius 1 is 1.22 bits per heavy atom. The molecule has 0 radical (unpaired) electrons. The third kappa shape index (κ3) is 7.43. The Kier molecular flexibility index (Phi) is 8.18. The number of hydrogen-bond donors (Lipinski definition) is 2. The summed E-state index contributed by atoms with van der Waals surface area (Å²) in [6.45, 7) is 6.39. The van der Waals surface area contributed by atoms with Crippen molar-refractivity contribution in [3.05, 3.63) is 28.7 Å². The van der Waals surface area contributed by atoms with Gasteiger partial charge in [-0.05, 0) is 51.5 Å². The second-order valence-corrected chi connectivity index (χ2v) is 7.99. The number of amides is 1. The summed E-state index contributed by atoms with van der Waals surface area (Å²) in [5.74, 6) is -0.366. The first-order valence-electron chi connectivity index (χ1n) is 7.39. The van der Waals surface area contributed by atoms with Crippen molar-refractivity contribution in [3.63, 3.8) is 0 Å². The number of carbonyl (C=O) groups excluding carboxylic acids is 1. The number of carbonyl (C=O) groups is 1. The highest BCUT2D eigenvalue weighted by molar-refractivity contribution is 9.10. The summed E-state index contributed by atoms with van der Waals surface area (Å²) >= 11 is 3.25. The lowest BCUT2D eigenvalue weighted by molar-refractivity contribution is -0.122. The number of sulfonamides is 1. The normalized spacial score (nSPS) is 13.1. The summed E-state index contributed by atoms with van der Waals surface area (Å²) in [7, 11) is -3.72. The molecular weight excluding hydrogens is 384 g/mol. The Bertz CT molecular complexity index is 602. The molecule has 6 nitrogen and oxygen atoms in total. The number of rotatable bonds is 9. The predicted molar refractivity (Wildman–Crippen MR) is 92.6 cm³/mol.